The minimum atomic E-state index is 0.583. The Bertz CT molecular complexity index is 502. The lowest BCUT2D eigenvalue weighted by Gasteiger charge is -2.04. The zero-order chi connectivity index (χ0) is 10.8. The van der Waals surface area contributed by atoms with Gasteiger partial charge in [0.05, 0.1) is 6.20 Å². The lowest BCUT2D eigenvalue weighted by atomic mass is 10.2. The van der Waals surface area contributed by atoms with Crippen molar-refractivity contribution in [1.29, 1.82) is 0 Å². The van der Waals surface area contributed by atoms with Crippen molar-refractivity contribution in [2.75, 3.05) is 0 Å². The van der Waals surface area contributed by atoms with E-state index in [1.165, 1.54) is 0 Å². The van der Waals surface area contributed by atoms with Crippen molar-refractivity contribution in [3.8, 4) is 5.82 Å². The average Bonchev–Trinajstić information content (AvgIpc) is 2.64. The maximum atomic E-state index is 10.5. The van der Waals surface area contributed by atoms with Crippen LogP contribution >= 0.6 is 0 Å². The summed E-state index contributed by atoms with van der Waals surface area (Å²) in [7, 11) is 0. The van der Waals surface area contributed by atoms with Crippen LogP contribution in [0.1, 0.15) is 21.5 Å². The molecule has 0 aliphatic carbocycles. The van der Waals surface area contributed by atoms with E-state index in [0.717, 1.165) is 23.2 Å². The quantitative estimate of drug-likeness (QED) is 0.695. The molecule has 0 saturated carbocycles. The van der Waals surface area contributed by atoms with E-state index in [2.05, 4.69) is 10.1 Å². The lowest BCUT2D eigenvalue weighted by molar-refractivity contribution is 0.112. The second-order valence-electron chi connectivity index (χ2n) is 3.49. The van der Waals surface area contributed by atoms with Crippen LogP contribution in [0, 0.1) is 13.8 Å². The van der Waals surface area contributed by atoms with Gasteiger partial charge in [0.1, 0.15) is 0 Å². The predicted molar refractivity (Wildman–Crippen MR) is 56.2 cm³/mol. The molecule has 2 aromatic heterocycles. The largest absolute Gasteiger partial charge is 0.298 e. The van der Waals surface area contributed by atoms with Gasteiger partial charge in [-0.2, -0.15) is 5.10 Å². The molecule has 2 heterocycles. The molecule has 0 amide bonds. The summed E-state index contributed by atoms with van der Waals surface area (Å²) in [6.07, 6.45) is 6.01. The first-order chi connectivity index (χ1) is 7.20. The van der Waals surface area contributed by atoms with E-state index < -0.39 is 0 Å². The van der Waals surface area contributed by atoms with Crippen LogP contribution in [0.4, 0.5) is 0 Å². The molecule has 0 atom stereocenters. The highest BCUT2D eigenvalue weighted by molar-refractivity contribution is 5.74. The standard InChI is InChI=1S/C11H11N3O/c1-8-4-13-14(6-8)11-9(2)3-10(7-15)5-12-11/h3-7H,1-2H3. The molecule has 4 nitrogen and oxygen atoms in total. The van der Waals surface area contributed by atoms with E-state index in [1.807, 2.05) is 20.0 Å². The number of pyridine rings is 1. The summed E-state index contributed by atoms with van der Waals surface area (Å²) in [6.45, 7) is 3.88. The molecule has 76 valence electrons. The van der Waals surface area contributed by atoms with Crippen molar-refractivity contribution >= 4 is 6.29 Å². The monoisotopic (exact) mass is 201 g/mol. The Morgan fingerprint density at radius 1 is 1.33 bits per heavy atom. The molecule has 0 bridgehead atoms. The third-order valence-electron chi connectivity index (χ3n) is 2.14. The third-order valence-corrected chi connectivity index (χ3v) is 2.14. The zero-order valence-electron chi connectivity index (χ0n) is 8.64. The zero-order valence-corrected chi connectivity index (χ0v) is 8.64. The Morgan fingerprint density at radius 3 is 2.67 bits per heavy atom. The topological polar surface area (TPSA) is 47.8 Å². The van der Waals surface area contributed by atoms with Gasteiger partial charge in [-0.15, -0.1) is 0 Å². The number of hydrogen-bond acceptors (Lipinski definition) is 3. The fourth-order valence-electron chi connectivity index (χ4n) is 1.42. The summed E-state index contributed by atoms with van der Waals surface area (Å²) in [5.74, 6) is 0.758. The molecule has 4 heteroatoms. The van der Waals surface area contributed by atoms with Crippen molar-refractivity contribution in [1.82, 2.24) is 14.8 Å². The van der Waals surface area contributed by atoms with Crippen LogP contribution in [0.3, 0.4) is 0 Å². The maximum Gasteiger partial charge on any atom is 0.156 e. The highest BCUT2D eigenvalue weighted by atomic mass is 16.1. The molecule has 0 fully saturated rings. The fraction of sp³-hybridized carbons (Fsp3) is 0.182. The van der Waals surface area contributed by atoms with Crippen molar-refractivity contribution < 1.29 is 4.79 Å². The SMILES string of the molecule is Cc1cnn(-c2ncc(C=O)cc2C)c1. The number of hydrogen-bond donors (Lipinski definition) is 0. The van der Waals surface area contributed by atoms with Gasteiger partial charge >= 0.3 is 0 Å². The molecule has 15 heavy (non-hydrogen) atoms. The van der Waals surface area contributed by atoms with Gasteiger partial charge in [0.25, 0.3) is 0 Å². The Kier molecular flexibility index (Phi) is 2.33. The Morgan fingerprint density at radius 2 is 2.13 bits per heavy atom. The molecule has 0 aliphatic heterocycles. The summed E-state index contributed by atoms with van der Waals surface area (Å²) < 4.78 is 1.71. The summed E-state index contributed by atoms with van der Waals surface area (Å²) >= 11 is 0. The van der Waals surface area contributed by atoms with Gasteiger partial charge in [-0.1, -0.05) is 0 Å². The van der Waals surface area contributed by atoms with Gasteiger partial charge in [-0.3, -0.25) is 4.79 Å². The molecule has 0 unspecified atom stereocenters. The summed E-state index contributed by atoms with van der Waals surface area (Å²) in [4.78, 5) is 14.8. The molecule has 0 radical (unpaired) electrons. The minimum Gasteiger partial charge on any atom is -0.298 e. The molecular weight excluding hydrogens is 190 g/mol. The van der Waals surface area contributed by atoms with E-state index in [0.29, 0.717) is 5.56 Å². The normalized spacial score (nSPS) is 10.3. The fourth-order valence-corrected chi connectivity index (χ4v) is 1.42. The second kappa shape index (κ2) is 3.65. The van der Waals surface area contributed by atoms with Crippen LogP contribution in [0.15, 0.2) is 24.7 Å². The van der Waals surface area contributed by atoms with Crippen LogP contribution in [0.25, 0.3) is 5.82 Å². The lowest BCUT2D eigenvalue weighted by Crippen LogP contribution is -2.01. The number of nitrogens with zero attached hydrogens (tertiary/aromatic N) is 3. The molecule has 0 N–H and O–H groups in total. The van der Waals surface area contributed by atoms with Crippen LogP contribution in [-0.4, -0.2) is 21.1 Å². The number of aryl methyl sites for hydroxylation is 2. The summed E-state index contributed by atoms with van der Waals surface area (Å²) in [5, 5.41) is 4.17. The Balaban J connectivity index is 2.49. The maximum absolute atomic E-state index is 10.5. The smallest absolute Gasteiger partial charge is 0.156 e. The first-order valence-corrected chi connectivity index (χ1v) is 4.64. The predicted octanol–water partition coefficient (Wildman–Crippen LogP) is 1.70. The highest BCUT2D eigenvalue weighted by Crippen LogP contribution is 2.11. The Labute approximate surface area is 87.6 Å². The van der Waals surface area contributed by atoms with Gasteiger partial charge in [0.2, 0.25) is 0 Å². The van der Waals surface area contributed by atoms with E-state index in [9.17, 15) is 4.79 Å². The number of aldehydes is 1. The van der Waals surface area contributed by atoms with Gasteiger partial charge in [-0.05, 0) is 31.0 Å². The molecule has 2 aromatic rings. The minimum absolute atomic E-state index is 0.583. The van der Waals surface area contributed by atoms with Gasteiger partial charge in [0.15, 0.2) is 12.1 Å². The number of carbonyl (C=O) groups excluding carboxylic acids is 1. The number of rotatable bonds is 2. The first kappa shape index (κ1) is 9.58. The van der Waals surface area contributed by atoms with Crippen LogP contribution < -0.4 is 0 Å². The van der Waals surface area contributed by atoms with E-state index in [1.54, 1.807) is 23.1 Å². The second-order valence-corrected chi connectivity index (χ2v) is 3.49. The van der Waals surface area contributed by atoms with Gasteiger partial charge in [-0.25, -0.2) is 9.67 Å². The van der Waals surface area contributed by atoms with Crippen molar-refractivity contribution in [3.63, 3.8) is 0 Å². The van der Waals surface area contributed by atoms with E-state index in [-0.39, 0.29) is 0 Å². The summed E-state index contributed by atoms with van der Waals surface area (Å²) in [5.41, 5.74) is 2.60. The van der Waals surface area contributed by atoms with Crippen molar-refractivity contribution in [2.24, 2.45) is 0 Å². The molecular formula is C11H11N3O. The highest BCUT2D eigenvalue weighted by Gasteiger charge is 2.04. The Hall–Kier alpha value is -1.97. The third kappa shape index (κ3) is 1.79. The van der Waals surface area contributed by atoms with Gasteiger partial charge < -0.3 is 0 Å². The molecule has 0 aliphatic rings. The first-order valence-electron chi connectivity index (χ1n) is 4.64. The van der Waals surface area contributed by atoms with E-state index >= 15 is 0 Å². The van der Waals surface area contributed by atoms with Crippen molar-refractivity contribution in [3.05, 3.63) is 41.3 Å². The molecule has 0 saturated heterocycles. The molecule has 0 spiro atoms. The van der Waals surface area contributed by atoms with E-state index in [4.69, 9.17) is 0 Å². The van der Waals surface area contributed by atoms with Crippen LogP contribution in [0.2, 0.25) is 0 Å². The molecule has 2 rings (SSSR count). The average molecular weight is 201 g/mol. The number of aromatic nitrogens is 3. The summed E-state index contributed by atoms with van der Waals surface area (Å²) in [6, 6.07) is 1.80. The van der Waals surface area contributed by atoms with Crippen LogP contribution in [0.5, 0.6) is 0 Å². The van der Waals surface area contributed by atoms with Crippen LogP contribution in [-0.2, 0) is 0 Å². The van der Waals surface area contributed by atoms with Crippen molar-refractivity contribution in [2.45, 2.75) is 13.8 Å². The molecule has 0 aromatic carbocycles. The number of carbonyl (C=O) groups is 1. The van der Waals surface area contributed by atoms with Gasteiger partial charge in [0, 0.05) is 18.0 Å².